The van der Waals surface area contributed by atoms with Gasteiger partial charge in [0.25, 0.3) is 17.4 Å². The van der Waals surface area contributed by atoms with Crippen LogP contribution in [0.1, 0.15) is 72.0 Å². The molecule has 3 aromatic rings. The summed E-state index contributed by atoms with van der Waals surface area (Å²) in [5, 5.41) is 29.5. The van der Waals surface area contributed by atoms with Gasteiger partial charge >= 0.3 is 5.97 Å². The van der Waals surface area contributed by atoms with Crippen molar-refractivity contribution in [3.63, 3.8) is 0 Å². The van der Waals surface area contributed by atoms with Crippen LogP contribution in [0.2, 0.25) is 0 Å². The zero-order valence-electron chi connectivity index (χ0n) is 48.6. The lowest BCUT2D eigenvalue weighted by Gasteiger charge is -2.36. The molecule has 1 fully saturated rings. The van der Waals surface area contributed by atoms with E-state index in [0.717, 1.165) is 17.1 Å². The van der Waals surface area contributed by atoms with Crippen LogP contribution in [-0.2, 0) is 106 Å². The van der Waals surface area contributed by atoms with E-state index in [-0.39, 0.29) is 127 Å². The number of nitrogens with one attached hydrogen (secondary N) is 7. The molecular weight excluding hydrogens is 1160 g/mol. The van der Waals surface area contributed by atoms with Gasteiger partial charge in [-0.2, -0.15) is 0 Å². The Hall–Kier alpha value is -8.62. The van der Waals surface area contributed by atoms with Crippen molar-refractivity contribution < 1.29 is 90.7 Å². The second-order valence-corrected chi connectivity index (χ2v) is 20.9. The lowest BCUT2D eigenvalue weighted by Crippen LogP contribution is -2.58. The van der Waals surface area contributed by atoms with Crippen LogP contribution < -0.4 is 42.8 Å². The Morgan fingerprint density at radius 1 is 0.727 bits per heavy atom. The molecule has 2 aromatic heterocycles. The van der Waals surface area contributed by atoms with Gasteiger partial charge in [-0.3, -0.25) is 57.6 Å². The molecule has 1 saturated heterocycles. The third kappa shape index (κ3) is 15.9. The third-order valence-electron chi connectivity index (χ3n) is 15.3. The van der Waals surface area contributed by atoms with Crippen molar-refractivity contribution in [3.8, 4) is 11.4 Å². The van der Waals surface area contributed by atoms with Crippen molar-refractivity contribution in [2.75, 3.05) is 118 Å². The van der Waals surface area contributed by atoms with E-state index < -0.39 is 121 Å². The second kappa shape index (κ2) is 30.3. The van der Waals surface area contributed by atoms with Gasteiger partial charge in [-0.15, -0.1) is 0 Å². The highest BCUT2D eigenvalue weighted by atomic mass is 19.1. The molecule has 6 heterocycles. The van der Waals surface area contributed by atoms with Crippen molar-refractivity contribution in [2.24, 2.45) is 0 Å². The van der Waals surface area contributed by atoms with Gasteiger partial charge in [0, 0.05) is 67.2 Å². The molecular formula is C57H70FN11O19. The van der Waals surface area contributed by atoms with Crippen LogP contribution in [-0.4, -0.2) is 214 Å². The van der Waals surface area contributed by atoms with Crippen molar-refractivity contribution in [1.29, 1.82) is 0 Å². The van der Waals surface area contributed by atoms with Crippen molar-refractivity contribution in [3.05, 3.63) is 73.8 Å². The maximum Gasteiger partial charge on any atom is 0.343 e. The minimum absolute atomic E-state index is 0.000815. The van der Waals surface area contributed by atoms with Crippen LogP contribution in [0.25, 0.3) is 22.3 Å². The summed E-state index contributed by atoms with van der Waals surface area (Å²) in [4.78, 5) is 159. The maximum absolute atomic E-state index is 15.5. The highest BCUT2D eigenvalue weighted by Gasteiger charge is 2.46. The van der Waals surface area contributed by atoms with Crippen molar-refractivity contribution in [1.82, 2.24) is 56.6 Å². The lowest BCUT2D eigenvalue weighted by molar-refractivity contribution is -0.172. The number of nitrogens with zero attached hydrogens (tertiary/aromatic N) is 4. The molecule has 88 heavy (non-hydrogen) atoms. The van der Waals surface area contributed by atoms with Crippen LogP contribution in [0.5, 0.6) is 0 Å². The highest BCUT2D eigenvalue weighted by Crippen LogP contribution is 2.46. The summed E-state index contributed by atoms with van der Waals surface area (Å²) >= 11 is 0. The number of imide groups is 1. The number of esters is 1. The monoisotopic (exact) mass is 1230 g/mol. The lowest BCUT2D eigenvalue weighted by atomic mass is 9.81. The molecule has 1 aromatic carbocycles. The number of benzene rings is 1. The molecule has 0 radical (unpaired) electrons. The average molecular weight is 1230 g/mol. The summed E-state index contributed by atoms with van der Waals surface area (Å²) in [5.74, 6) is -7.23. The molecule has 1 unspecified atom stereocenters. The second-order valence-electron chi connectivity index (χ2n) is 20.9. The zero-order valence-corrected chi connectivity index (χ0v) is 48.6. The fourth-order valence-corrected chi connectivity index (χ4v) is 10.6. The Balaban J connectivity index is 0.672. The summed E-state index contributed by atoms with van der Waals surface area (Å²) in [6, 6.07) is 0.989. The Kier molecular flexibility index (Phi) is 22.5. The summed E-state index contributed by atoms with van der Waals surface area (Å²) in [6.45, 7) is 2.32. The Bertz CT molecular complexity index is 3320. The van der Waals surface area contributed by atoms with E-state index in [9.17, 15) is 62.6 Å². The van der Waals surface area contributed by atoms with Crippen LogP contribution in [0.3, 0.4) is 0 Å². The Morgan fingerprint density at radius 3 is 1.93 bits per heavy atom. The van der Waals surface area contributed by atoms with Gasteiger partial charge in [-0.25, -0.2) is 14.2 Å². The van der Waals surface area contributed by atoms with E-state index in [0.29, 0.717) is 65.1 Å². The number of aromatic nitrogens is 2. The minimum Gasteiger partial charge on any atom is -0.458 e. The molecule has 0 bridgehead atoms. The summed E-state index contributed by atoms with van der Waals surface area (Å²) in [5.41, 5.74) is 0.842. The van der Waals surface area contributed by atoms with Gasteiger partial charge in [0.05, 0.1) is 134 Å². The Labute approximate surface area is 502 Å². The van der Waals surface area contributed by atoms with Crippen molar-refractivity contribution >= 4 is 75.9 Å². The molecule has 31 heteroatoms. The number of fused-ring (bicyclic) bond motifs is 5. The predicted molar refractivity (Wildman–Crippen MR) is 301 cm³/mol. The maximum atomic E-state index is 15.5. The predicted octanol–water partition coefficient (Wildman–Crippen LogP) is -3.67. The van der Waals surface area contributed by atoms with Gasteiger partial charge in [-0.1, -0.05) is 6.92 Å². The van der Waals surface area contributed by atoms with E-state index in [1.165, 1.54) is 15.5 Å². The number of hydrogen-bond donors (Lipinski definition) is 8. The Morgan fingerprint density at radius 2 is 1.31 bits per heavy atom. The molecule has 3 atom stereocenters. The standard InChI is InChI=1S/C57H70FN11O19/c1-3-57(82)36-22-40-53-34(29-69(40)55(80)35(36)30-88-56(57)81)52-38(5-4-33-32(2)37(58)23-39(65-53)51(33)52)66-54(79)41-31-87-15-12-67(41)50(78)28-64-47(75)27-63-46(74)26-62-45(73)25-61-44(72)24-60-43(71)9-13-83-16-18-85-20-21-86-19-17-84-14-10-59-42(70)8-11-68-48(76)6-7-49(68)77/h6-7,22-23,38,41,82H,3-5,8-21,24-31H2,1-2H3,(H,59,70)(H,60,71)(H,61,72)(H,62,73)(H,63,74)(H,64,75)(H,66,79)/t38-,41-,57?/m1/s1. The molecule has 8 N–H and O–H groups in total. The number of morpholine rings is 1. The number of amides is 10. The van der Waals surface area contributed by atoms with E-state index in [1.807, 2.05) is 0 Å². The van der Waals surface area contributed by atoms with Gasteiger partial charge in [0.15, 0.2) is 5.60 Å². The molecule has 0 saturated carbocycles. The third-order valence-corrected chi connectivity index (χ3v) is 15.3. The largest absolute Gasteiger partial charge is 0.458 e. The molecule has 4 aliphatic heterocycles. The number of rotatable bonds is 31. The number of carbonyl (C=O) groups is 11. The molecule has 30 nitrogen and oxygen atoms in total. The van der Waals surface area contributed by atoms with E-state index in [2.05, 4.69) is 37.2 Å². The topological polar surface area (TPSA) is 389 Å². The van der Waals surface area contributed by atoms with E-state index in [1.54, 1.807) is 19.9 Å². The number of ether oxygens (including phenoxy) is 6. The quantitative estimate of drug-likeness (QED) is 0.0137. The molecule has 1 aliphatic carbocycles. The first-order valence-corrected chi connectivity index (χ1v) is 28.7. The first-order valence-electron chi connectivity index (χ1n) is 28.7. The van der Waals surface area contributed by atoms with Crippen LogP contribution in [0.15, 0.2) is 29.1 Å². The van der Waals surface area contributed by atoms with Gasteiger partial charge in [0.2, 0.25) is 47.3 Å². The first kappa shape index (κ1) is 65.4. The van der Waals surface area contributed by atoms with E-state index >= 15 is 4.39 Å². The first-order chi connectivity index (χ1) is 42.3. The normalized spacial score (nSPS) is 18.0. The number of aryl methyl sites for hydroxylation is 1. The summed E-state index contributed by atoms with van der Waals surface area (Å²) in [6.07, 6.45) is 2.85. The zero-order chi connectivity index (χ0) is 63.1. The fraction of sp³-hybridized carbons (Fsp3) is 0.526. The number of pyridine rings is 2. The van der Waals surface area contributed by atoms with Gasteiger partial charge in [0.1, 0.15) is 18.5 Å². The van der Waals surface area contributed by atoms with E-state index in [4.69, 9.17) is 33.4 Å². The molecule has 0 spiro atoms. The number of carbonyl (C=O) groups excluding carboxylic acids is 11. The van der Waals surface area contributed by atoms with Gasteiger partial charge in [-0.05, 0) is 48.9 Å². The number of hydrogen-bond acceptors (Lipinski definition) is 20. The highest BCUT2D eigenvalue weighted by molar-refractivity contribution is 6.13. The van der Waals surface area contributed by atoms with Crippen molar-refractivity contribution in [2.45, 2.75) is 76.8 Å². The summed E-state index contributed by atoms with van der Waals surface area (Å²) in [7, 11) is 0. The SMILES string of the molecule is CCC1(O)C(=O)OCc2c1cc1n(c2=O)Cc2c-1nc1cc(F)c(C)c3c1c2[C@H](NC(=O)[C@H]1COCCN1C(=O)CNC(=O)CNC(=O)CNC(=O)CNC(=O)CNC(=O)CCOCCOCCOCCOCCNC(=O)CCN1C(=O)C=CC1=O)CC3. The molecule has 10 amide bonds. The minimum atomic E-state index is -2.08. The fourth-order valence-electron chi connectivity index (χ4n) is 10.6. The van der Waals surface area contributed by atoms with Gasteiger partial charge < -0.3 is 80.2 Å². The van der Waals surface area contributed by atoms with Crippen LogP contribution in [0, 0.1) is 12.7 Å². The molecule has 474 valence electrons. The molecule has 8 rings (SSSR count). The number of halogens is 1. The van der Waals surface area contributed by atoms with Crippen LogP contribution in [0.4, 0.5) is 4.39 Å². The number of cyclic esters (lactones) is 1. The average Bonchev–Trinajstić information content (AvgIpc) is 1.45. The van der Waals surface area contributed by atoms with Crippen LogP contribution >= 0.6 is 0 Å². The summed E-state index contributed by atoms with van der Waals surface area (Å²) < 4.78 is 49.4. The molecule has 5 aliphatic rings. The number of aliphatic hydroxyl groups is 1. The smallest absolute Gasteiger partial charge is 0.343 e.